The van der Waals surface area contributed by atoms with Crippen LogP contribution in [-0.4, -0.2) is 9.97 Å². The van der Waals surface area contributed by atoms with Crippen LogP contribution < -0.4 is 0 Å². The predicted molar refractivity (Wildman–Crippen MR) is 245 cm³/mol. The van der Waals surface area contributed by atoms with E-state index in [1.165, 1.54) is 16.3 Å². The van der Waals surface area contributed by atoms with Crippen molar-refractivity contribution >= 4 is 32.7 Å². The van der Waals surface area contributed by atoms with Crippen LogP contribution in [0.15, 0.2) is 223 Å². The van der Waals surface area contributed by atoms with Gasteiger partial charge in [-0.25, -0.2) is 9.97 Å². The number of aromatic nitrogens is 2. The van der Waals surface area contributed by atoms with Crippen molar-refractivity contribution in [1.29, 1.82) is 0 Å². The quantitative estimate of drug-likeness (QED) is 0.163. The summed E-state index contributed by atoms with van der Waals surface area (Å²) in [5, 5.41) is 4.61. The molecular formula is C56H36N2O. The molecule has 2 aromatic heterocycles. The summed E-state index contributed by atoms with van der Waals surface area (Å²) in [6.45, 7) is 0. The third kappa shape index (κ3) is 6.55. The van der Waals surface area contributed by atoms with Crippen LogP contribution in [-0.2, 0) is 0 Å². The molecule has 0 N–H and O–H groups in total. The largest absolute Gasteiger partial charge is 0.456 e. The molecule has 0 unspecified atom stereocenters. The second-order valence-electron chi connectivity index (χ2n) is 15.0. The van der Waals surface area contributed by atoms with Gasteiger partial charge in [-0.1, -0.05) is 158 Å². The topological polar surface area (TPSA) is 38.9 Å². The lowest BCUT2D eigenvalue weighted by Crippen LogP contribution is -1.97. The van der Waals surface area contributed by atoms with Crippen LogP contribution in [0.4, 0.5) is 0 Å². The normalized spacial score (nSPS) is 11.4. The molecule has 0 saturated heterocycles. The minimum Gasteiger partial charge on any atom is -0.456 e. The first-order valence-corrected chi connectivity index (χ1v) is 20.0. The first kappa shape index (κ1) is 34.4. The number of furan rings is 1. The van der Waals surface area contributed by atoms with Crippen molar-refractivity contribution in [3.8, 4) is 78.4 Å². The van der Waals surface area contributed by atoms with Crippen LogP contribution in [0.1, 0.15) is 0 Å². The highest BCUT2D eigenvalue weighted by Gasteiger charge is 2.17. The molecule has 0 saturated carbocycles. The lowest BCUT2D eigenvalue weighted by atomic mass is 9.91. The molecule has 0 spiro atoms. The lowest BCUT2D eigenvalue weighted by Gasteiger charge is -2.15. The summed E-state index contributed by atoms with van der Waals surface area (Å²) in [4.78, 5) is 10.7. The summed E-state index contributed by atoms with van der Waals surface area (Å²) in [6, 6.07) is 77.2. The number of benzene rings is 9. The molecule has 3 heteroatoms. The number of hydrogen-bond acceptors (Lipinski definition) is 3. The van der Waals surface area contributed by atoms with Crippen LogP contribution >= 0.6 is 0 Å². The van der Waals surface area contributed by atoms with Crippen molar-refractivity contribution < 1.29 is 4.42 Å². The summed E-state index contributed by atoms with van der Waals surface area (Å²) in [5.74, 6) is 0.674. The van der Waals surface area contributed by atoms with Gasteiger partial charge in [-0.3, -0.25) is 0 Å². The monoisotopic (exact) mass is 752 g/mol. The molecule has 3 nitrogen and oxygen atoms in total. The summed E-state index contributed by atoms with van der Waals surface area (Å²) < 4.78 is 6.24. The van der Waals surface area contributed by atoms with E-state index < -0.39 is 0 Å². The maximum Gasteiger partial charge on any atom is 0.160 e. The molecule has 2 heterocycles. The van der Waals surface area contributed by atoms with Crippen molar-refractivity contribution in [3.05, 3.63) is 218 Å². The summed E-state index contributed by atoms with van der Waals surface area (Å²) in [6.07, 6.45) is 0. The fraction of sp³-hybridized carbons (Fsp3) is 0. The van der Waals surface area contributed by atoms with Gasteiger partial charge in [-0.05, 0) is 116 Å². The Hall–Kier alpha value is -7.88. The van der Waals surface area contributed by atoms with Crippen molar-refractivity contribution in [1.82, 2.24) is 9.97 Å². The van der Waals surface area contributed by atoms with Gasteiger partial charge in [0, 0.05) is 27.5 Å². The van der Waals surface area contributed by atoms with Crippen molar-refractivity contribution in [2.45, 2.75) is 0 Å². The highest BCUT2D eigenvalue weighted by Crippen LogP contribution is 2.40. The van der Waals surface area contributed by atoms with E-state index in [4.69, 9.17) is 14.4 Å². The van der Waals surface area contributed by atoms with Gasteiger partial charge < -0.3 is 4.42 Å². The van der Waals surface area contributed by atoms with Gasteiger partial charge in [-0.15, -0.1) is 0 Å². The van der Waals surface area contributed by atoms with Gasteiger partial charge in [-0.2, -0.15) is 0 Å². The molecule has 0 atom stereocenters. The fourth-order valence-corrected chi connectivity index (χ4v) is 8.31. The molecular weight excluding hydrogens is 717 g/mol. The Bertz CT molecular complexity index is 3250. The maximum absolute atomic E-state index is 6.24. The molecule has 0 radical (unpaired) electrons. The van der Waals surface area contributed by atoms with E-state index >= 15 is 0 Å². The Balaban J connectivity index is 1.16. The fourth-order valence-electron chi connectivity index (χ4n) is 8.31. The van der Waals surface area contributed by atoms with E-state index in [1.807, 2.05) is 30.3 Å². The molecule has 11 rings (SSSR count). The third-order valence-electron chi connectivity index (χ3n) is 11.2. The molecule has 11 aromatic rings. The first-order valence-electron chi connectivity index (χ1n) is 20.0. The van der Waals surface area contributed by atoms with Gasteiger partial charge in [0.15, 0.2) is 5.82 Å². The Morgan fingerprint density at radius 1 is 0.271 bits per heavy atom. The molecule has 59 heavy (non-hydrogen) atoms. The van der Waals surface area contributed by atoms with Gasteiger partial charge >= 0.3 is 0 Å². The number of rotatable bonds is 7. The zero-order valence-electron chi connectivity index (χ0n) is 32.1. The van der Waals surface area contributed by atoms with Gasteiger partial charge in [0.05, 0.1) is 11.4 Å². The van der Waals surface area contributed by atoms with E-state index in [9.17, 15) is 0 Å². The van der Waals surface area contributed by atoms with E-state index in [1.54, 1.807) is 0 Å². The molecule has 276 valence electrons. The van der Waals surface area contributed by atoms with Crippen molar-refractivity contribution in [3.63, 3.8) is 0 Å². The highest BCUT2D eigenvalue weighted by atomic mass is 16.3. The molecule has 0 fully saturated rings. The summed E-state index contributed by atoms with van der Waals surface area (Å²) in [7, 11) is 0. The Labute approximate surface area is 342 Å². The standard InChI is InChI=1S/C56H36N2O/c1-4-15-37(16-5-1)42-29-43(38-17-6-2-7-18-38)32-46(31-42)52-36-53(58-56(57-52)40-20-8-3-9-21-40)47-33-44(30-45(34-47)49-25-14-22-39-19-10-11-23-48(39)49)41-27-28-55-51(35-41)50-24-12-13-26-54(50)59-55/h1-36H. The number of hydrogen-bond donors (Lipinski definition) is 0. The minimum absolute atomic E-state index is 0.674. The maximum atomic E-state index is 6.24. The van der Waals surface area contributed by atoms with Crippen LogP contribution in [0.25, 0.3) is 111 Å². The molecule has 0 aliphatic carbocycles. The minimum atomic E-state index is 0.674. The zero-order valence-corrected chi connectivity index (χ0v) is 32.1. The average Bonchev–Trinajstić information content (AvgIpc) is 3.70. The second kappa shape index (κ2) is 14.6. The molecule has 0 amide bonds. The number of fused-ring (bicyclic) bond motifs is 4. The summed E-state index contributed by atoms with van der Waals surface area (Å²) >= 11 is 0. The van der Waals surface area contributed by atoms with Crippen LogP contribution in [0, 0.1) is 0 Å². The van der Waals surface area contributed by atoms with E-state index in [0.717, 1.165) is 89.0 Å². The van der Waals surface area contributed by atoms with Gasteiger partial charge in [0.1, 0.15) is 11.2 Å². The predicted octanol–water partition coefficient (Wildman–Crippen LogP) is 15.2. The first-order chi connectivity index (χ1) is 29.2. The molecule has 0 aliphatic heterocycles. The van der Waals surface area contributed by atoms with Crippen LogP contribution in [0.2, 0.25) is 0 Å². The molecule has 0 bridgehead atoms. The lowest BCUT2D eigenvalue weighted by molar-refractivity contribution is 0.669. The van der Waals surface area contributed by atoms with E-state index in [-0.39, 0.29) is 0 Å². The summed E-state index contributed by atoms with van der Waals surface area (Å²) in [5.41, 5.74) is 15.5. The average molecular weight is 753 g/mol. The SMILES string of the molecule is c1ccc(-c2cc(-c3ccccc3)cc(-c3cc(-c4cc(-c5ccc6oc7ccccc7c6c5)cc(-c5cccc6ccccc56)c4)nc(-c4ccccc4)n3)c2)cc1. The highest BCUT2D eigenvalue weighted by molar-refractivity contribution is 6.06. The number of nitrogens with zero attached hydrogens (tertiary/aromatic N) is 2. The Morgan fingerprint density at radius 2 is 0.763 bits per heavy atom. The molecule has 0 aliphatic rings. The zero-order chi connectivity index (χ0) is 39.1. The van der Waals surface area contributed by atoms with Crippen molar-refractivity contribution in [2.24, 2.45) is 0 Å². The van der Waals surface area contributed by atoms with Crippen molar-refractivity contribution in [2.75, 3.05) is 0 Å². The Kier molecular flexibility index (Phi) is 8.49. The van der Waals surface area contributed by atoms with Gasteiger partial charge in [0.2, 0.25) is 0 Å². The van der Waals surface area contributed by atoms with Crippen LogP contribution in [0.3, 0.4) is 0 Å². The second-order valence-corrected chi connectivity index (χ2v) is 15.0. The smallest absolute Gasteiger partial charge is 0.160 e. The number of para-hydroxylation sites is 1. The molecule has 9 aromatic carbocycles. The van der Waals surface area contributed by atoms with Gasteiger partial charge in [0.25, 0.3) is 0 Å². The van der Waals surface area contributed by atoms with Crippen LogP contribution in [0.5, 0.6) is 0 Å². The Morgan fingerprint density at radius 3 is 1.44 bits per heavy atom. The van der Waals surface area contributed by atoms with E-state index in [2.05, 4.69) is 188 Å². The third-order valence-corrected chi connectivity index (χ3v) is 11.2. The van der Waals surface area contributed by atoms with E-state index in [0.29, 0.717) is 5.82 Å².